The quantitative estimate of drug-likeness (QED) is 0.466. The highest BCUT2D eigenvalue weighted by Crippen LogP contribution is 1.79. The molecule has 0 aliphatic rings. The summed E-state index contributed by atoms with van der Waals surface area (Å²) in [5.41, 5.74) is 8.80. The largest absolute Gasteiger partial charge is 0.477 e. The van der Waals surface area contributed by atoms with Crippen LogP contribution in [0.1, 0.15) is 13.8 Å². The van der Waals surface area contributed by atoms with Gasteiger partial charge in [0.25, 0.3) is 0 Å². The fourth-order valence-electron chi connectivity index (χ4n) is 0.215. The van der Waals surface area contributed by atoms with Crippen LogP contribution in [0.25, 0.3) is 0 Å². The highest BCUT2D eigenvalue weighted by Gasteiger charge is 2.00. The Kier molecular flexibility index (Phi) is 18.0. The third-order valence-electron chi connectivity index (χ3n) is 0.545. The van der Waals surface area contributed by atoms with Gasteiger partial charge in [0.15, 0.2) is 0 Å². The Morgan fingerprint density at radius 2 is 1.40 bits per heavy atom. The van der Waals surface area contributed by atoms with Gasteiger partial charge in [0.05, 0.1) is 0 Å². The molecule has 0 spiro atoms. The molecule has 0 aliphatic heterocycles. The molecule has 0 saturated heterocycles. The zero-order valence-corrected chi connectivity index (χ0v) is 9.06. The molecular weight excluding hydrogens is 196 g/mol. The second-order valence-electron chi connectivity index (χ2n) is 2.12. The molecule has 86 valence electrons. The van der Waals surface area contributed by atoms with Crippen LogP contribution in [0.15, 0.2) is 37.1 Å². The van der Waals surface area contributed by atoms with Crippen LogP contribution < -0.4 is 11.5 Å². The van der Waals surface area contributed by atoms with Crippen LogP contribution in [0, 0.1) is 0 Å². The van der Waals surface area contributed by atoms with Crippen LogP contribution in [0.5, 0.6) is 0 Å². The number of carbonyl (C=O) groups is 2. The number of primary amides is 1. The molecule has 1 amide bonds. The van der Waals surface area contributed by atoms with Crippen molar-refractivity contribution >= 4 is 11.9 Å². The van der Waals surface area contributed by atoms with Crippen molar-refractivity contribution < 1.29 is 14.7 Å². The monoisotopic (exact) mass is 214 g/mol. The van der Waals surface area contributed by atoms with Gasteiger partial charge in [-0.1, -0.05) is 12.2 Å². The number of rotatable bonds is 2. The normalized spacial score (nSPS) is 8.27. The van der Waals surface area contributed by atoms with Gasteiger partial charge < -0.3 is 16.6 Å². The van der Waals surface area contributed by atoms with E-state index in [0.717, 1.165) is 0 Å². The molecule has 0 unspecified atom stereocenters. The zero-order chi connectivity index (χ0) is 12.9. The number of hydrogen-bond donors (Lipinski definition) is 3. The van der Waals surface area contributed by atoms with E-state index in [-0.39, 0.29) is 0 Å². The lowest BCUT2D eigenvalue weighted by Gasteiger charge is -1.87. The summed E-state index contributed by atoms with van der Waals surface area (Å²) in [6.45, 7) is 10.5. The Hall–Kier alpha value is -2.04. The van der Waals surface area contributed by atoms with Crippen molar-refractivity contribution in [2.45, 2.75) is 13.8 Å². The molecule has 0 rings (SSSR count). The lowest BCUT2D eigenvalue weighted by molar-refractivity contribution is -0.133. The number of aliphatic carboxylic acids is 1. The SMILES string of the molecule is C=CC.C=CC.NC(=O)/C=C(/N)C(=O)O. The summed E-state index contributed by atoms with van der Waals surface area (Å²) in [6, 6.07) is 0. The van der Waals surface area contributed by atoms with Gasteiger partial charge in [-0.25, -0.2) is 4.79 Å². The fraction of sp³-hybridized carbons (Fsp3) is 0.200. The number of nitrogens with two attached hydrogens (primary N) is 2. The molecule has 5 N–H and O–H groups in total. The van der Waals surface area contributed by atoms with Crippen molar-refractivity contribution in [3.8, 4) is 0 Å². The molecule has 5 nitrogen and oxygen atoms in total. The molecule has 0 aromatic rings. The van der Waals surface area contributed by atoms with Crippen molar-refractivity contribution in [3.05, 3.63) is 37.1 Å². The van der Waals surface area contributed by atoms with Gasteiger partial charge in [0.1, 0.15) is 5.70 Å². The first-order chi connectivity index (χ1) is 6.87. The van der Waals surface area contributed by atoms with Crippen molar-refractivity contribution in [1.82, 2.24) is 0 Å². The minimum atomic E-state index is -1.35. The summed E-state index contributed by atoms with van der Waals surface area (Å²) in [7, 11) is 0. The molecule has 0 heterocycles. The van der Waals surface area contributed by atoms with Gasteiger partial charge in [-0.15, -0.1) is 13.2 Å². The molecular formula is C10H18N2O3. The van der Waals surface area contributed by atoms with E-state index >= 15 is 0 Å². The number of hydrogen-bond acceptors (Lipinski definition) is 3. The minimum absolute atomic E-state index is 0.553. The first-order valence-corrected chi connectivity index (χ1v) is 4.01. The predicted octanol–water partition coefficient (Wildman–Crippen LogP) is 0.784. The molecule has 0 radical (unpaired) electrons. The summed E-state index contributed by atoms with van der Waals surface area (Å²) in [6.07, 6.45) is 4.14. The number of allylic oxidation sites excluding steroid dienone is 2. The molecule has 0 bridgehead atoms. The Balaban J connectivity index is -0.000000200. The summed E-state index contributed by atoms with van der Waals surface area (Å²) >= 11 is 0. The van der Waals surface area contributed by atoms with E-state index in [9.17, 15) is 9.59 Å². The molecule has 0 atom stereocenters. The maximum absolute atomic E-state index is 9.92. The number of amides is 1. The second-order valence-corrected chi connectivity index (χ2v) is 2.12. The lowest BCUT2D eigenvalue weighted by atomic mass is 10.4. The molecule has 0 aliphatic carbocycles. The lowest BCUT2D eigenvalue weighted by Crippen LogP contribution is -2.15. The van der Waals surface area contributed by atoms with E-state index < -0.39 is 17.6 Å². The van der Waals surface area contributed by atoms with Crippen molar-refractivity contribution in [3.63, 3.8) is 0 Å². The molecule has 5 heteroatoms. The maximum Gasteiger partial charge on any atom is 0.351 e. The fourth-order valence-corrected chi connectivity index (χ4v) is 0.215. The average Bonchev–Trinajstić information content (AvgIpc) is 2.05. The number of carboxylic acid groups (broad SMARTS) is 1. The summed E-state index contributed by atoms with van der Waals surface area (Å²) in [4.78, 5) is 19.8. The summed E-state index contributed by atoms with van der Waals surface area (Å²) in [5, 5.41) is 8.03. The smallest absolute Gasteiger partial charge is 0.351 e. The topological polar surface area (TPSA) is 106 Å². The van der Waals surface area contributed by atoms with Gasteiger partial charge in [0, 0.05) is 6.08 Å². The number of carbonyl (C=O) groups excluding carboxylic acids is 1. The van der Waals surface area contributed by atoms with E-state index in [4.69, 9.17) is 10.8 Å². The van der Waals surface area contributed by atoms with Crippen molar-refractivity contribution in [2.75, 3.05) is 0 Å². The average molecular weight is 214 g/mol. The molecule has 0 saturated carbocycles. The van der Waals surface area contributed by atoms with Crippen LogP contribution in [-0.4, -0.2) is 17.0 Å². The Labute approximate surface area is 89.8 Å². The van der Waals surface area contributed by atoms with E-state index in [1.807, 2.05) is 13.8 Å². The minimum Gasteiger partial charge on any atom is -0.477 e. The van der Waals surface area contributed by atoms with Gasteiger partial charge >= 0.3 is 5.97 Å². The number of carboxylic acids is 1. The van der Waals surface area contributed by atoms with Gasteiger partial charge in [0.2, 0.25) is 5.91 Å². The Morgan fingerprint density at radius 1 is 1.13 bits per heavy atom. The molecule has 0 aromatic heterocycles. The molecule has 15 heavy (non-hydrogen) atoms. The van der Waals surface area contributed by atoms with E-state index in [1.165, 1.54) is 0 Å². The summed E-state index contributed by atoms with van der Waals surface area (Å²) in [5.74, 6) is -2.22. The standard InChI is InChI=1S/C4H6N2O3.2C3H6/c5-2(4(8)9)1-3(6)7;2*1-3-2/h1H,5H2,(H2,6,7)(H,8,9);2*3H,1H2,2H3/b2-1+;;. The third-order valence-corrected chi connectivity index (χ3v) is 0.545. The van der Waals surface area contributed by atoms with Gasteiger partial charge in [-0.3, -0.25) is 4.79 Å². The zero-order valence-electron chi connectivity index (χ0n) is 9.06. The highest BCUT2D eigenvalue weighted by atomic mass is 16.4. The van der Waals surface area contributed by atoms with Crippen LogP contribution in [0.4, 0.5) is 0 Å². The Bertz CT molecular complexity index is 239. The van der Waals surface area contributed by atoms with Crippen LogP contribution in [0.3, 0.4) is 0 Å². The van der Waals surface area contributed by atoms with Crippen molar-refractivity contribution in [1.29, 1.82) is 0 Å². The third kappa shape index (κ3) is 33.4. The molecule has 0 aromatic carbocycles. The van der Waals surface area contributed by atoms with Gasteiger partial charge in [-0.2, -0.15) is 0 Å². The van der Waals surface area contributed by atoms with E-state index in [0.29, 0.717) is 6.08 Å². The predicted molar refractivity (Wildman–Crippen MR) is 60.8 cm³/mol. The van der Waals surface area contributed by atoms with Crippen LogP contribution in [-0.2, 0) is 9.59 Å². The highest BCUT2D eigenvalue weighted by molar-refractivity contribution is 5.96. The second kappa shape index (κ2) is 14.5. The van der Waals surface area contributed by atoms with E-state index in [1.54, 1.807) is 12.2 Å². The first kappa shape index (κ1) is 18.7. The van der Waals surface area contributed by atoms with Crippen LogP contribution in [0.2, 0.25) is 0 Å². The van der Waals surface area contributed by atoms with Gasteiger partial charge in [-0.05, 0) is 13.8 Å². The molecule has 0 fully saturated rings. The van der Waals surface area contributed by atoms with Crippen LogP contribution >= 0.6 is 0 Å². The summed E-state index contributed by atoms with van der Waals surface area (Å²) < 4.78 is 0. The maximum atomic E-state index is 9.92. The van der Waals surface area contributed by atoms with E-state index in [2.05, 4.69) is 18.9 Å². The Morgan fingerprint density at radius 3 is 1.47 bits per heavy atom. The van der Waals surface area contributed by atoms with Crippen molar-refractivity contribution in [2.24, 2.45) is 11.5 Å². The first-order valence-electron chi connectivity index (χ1n) is 4.01.